The lowest BCUT2D eigenvalue weighted by Gasteiger charge is -2.13. The number of amides is 2. The summed E-state index contributed by atoms with van der Waals surface area (Å²) in [4.78, 5) is 24.2. The van der Waals surface area contributed by atoms with Crippen LogP contribution < -0.4 is 10.6 Å². The first-order valence-corrected chi connectivity index (χ1v) is 9.26. The van der Waals surface area contributed by atoms with E-state index in [-0.39, 0.29) is 11.8 Å². The van der Waals surface area contributed by atoms with Crippen molar-refractivity contribution in [3.8, 4) is 0 Å². The highest BCUT2D eigenvalue weighted by molar-refractivity contribution is 6.06. The molecule has 0 radical (unpaired) electrons. The number of carbonyl (C=O) groups excluding carboxylic acids is 2. The zero-order chi connectivity index (χ0) is 20.1. The Balaban J connectivity index is 1.83. The molecule has 0 atom stereocenters. The van der Waals surface area contributed by atoms with Gasteiger partial charge in [-0.2, -0.15) is 5.10 Å². The van der Waals surface area contributed by atoms with Crippen molar-refractivity contribution in [1.29, 1.82) is 0 Å². The van der Waals surface area contributed by atoms with Crippen molar-refractivity contribution in [2.24, 2.45) is 0 Å². The number of benzene rings is 2. The normalized spacial score (nSPS) is 10.5. The van der Waals surface area contributed by atoms with Gasteiger partial charge < -0.3 is 10.6 Å². The molecular formula is C22H24N4O2. The molecule has 0 bridgehead atoms. The Hall–Kier alpha value is -3.41. The first kappa shape index (κ1) is 19.4. The third-order valence-electron chi connectivity index (χ3n) is 4.60. The van der Waals surface area contributed by atoms with E-state index in [0.717, 1.165) is 16.8 Å². The molecule has 0 saturated heterocycles. The molecular weight excluding hydrogens is 352 g/mol. The van der Waals surface area contributed by atoms with Crippen LogP contribution in [-0.4, -0.2) is 21.6 Å². The maximum atomic E-state index is 12.9. The van der Waals surface area contributed by atoms with E-state index in [1.807, 2.05) is 61.0 Å². The van der Waals surface area contributed by atoms with Gasteiger partial charge in [0.15, 0.2) is 0 Å². The SMILES string of the molecule is CCc1c(C(=O)Nc2cccc(NC(C)=O)c2C)cnn1Cc1ccccc1. The zero-order valence-electron chi connectivity index (χ0n) is 16.3. The Morgan fingerprint density at radius 2 is 1.68 bits per heavy atom. The molecule has 1 heterocycles. The molecule has 0 fully saturated rings. The number of nitrogens with one attached hydrogen (secondary N) is 2. The van der Waals surface area contributed by atoms with E-state index in [4.69, 9.17) is 0 Å². The summed E-state index contributed by atoms with van der Waals surface area (Å²) in [5.74, 6) is -0.360. The molecule has 144 valence electrons. The van der Waals surface area contributed by atoms with Crippen LogP contribution in [0.15, 0.2) is 54.7 Å². The molecule has 2 amide bonds. The van der Waals surface area contributed by atoms with Gasteiger partial charge in [0, 0.05) is 18.3 Å². The van der Waals surface area contributed by atoms with Crippen LogP contribution in [-0.2, 0) is 17.8 Å². The highest BCUT2D eigenvalue weighted by Gasteiger charge is 2.18. The summed E-state index contributed by atoms with van der Waals surface area (Å²) in [7, 11) is 0. The van der Waals surface area contributed by atoms with Gasteiger partial charge in [-0.3, -0.25) is 14.3 Å². The summed E-state index contributed by atoms with van der Waals surface area (Å²) >= 11 is 0. The minimum atomic E-state index is -0.209. The van der Waals surface area contributed by atoms with E-state index in [1.165, 1.54) is 6.92 Å². The summed E-state index contributed by atoms with van der Waals surface area (Å²) in [5.41, 5.74) is 4.72. The first-order chi connectivity index (χ1) is 13.5. The average Bonchev–Trinajstić information content (AvgIpc) is 3.08. The minimum Gasteiger partial charge on any atom is -0.326 e. The molecule has 28 heavy (non-hydrogen) atoms. The fraction of sp³-hybridized carbons (Fsp3) is 0.227. The van der Waals surface area contributed by atoms with E-state index in [2.05, 4.69) is 15.7 Å². The Morgan fingerprint density at radius 1 is 1.00 bits per heavy atom. The lowest BCUT2D eigenvalue weighted by atomic mass is 10.1. The van der Waals surface area contributed by atoms with Crippen LogP contribution in [0.1, 0.15) is 41.0 Å². The predicted molar refractivity (Wildman–Crippen MR) is 111 cm³/mol. The summed E-state index contributed by atoms with van der Waals surface area (Å²) in [6, 6.07) is 15.5. The van der Waals surface area contributed by atoms with Gasteiger partial charge in [-0.15, -0.1) is 0 Å². The lowest BCUT2D eigenvalue weighted by Crippen LogP contribution is -2.16. The van der Waals surface area contributed by atoms with Crippen molar-refractivity contribution in [2.75, 3.05) is 10.6 Å². The minimum absolute atomic E-state index is 0.151. The topological polar surface area (TPSA) is 76.0 Å². The average molecular weight is 376 g/mol. The maximum Gasteiger partial charge on any atom is 0.259 e. The third kappa shape index (κ3) is 4.28. The molecule has 6 heteroatoms. The van der Waals surface area contributed by atoms with Gasteiger partial charge in [0.2, 0.25) is 5.91 Å². The van der Waals surface area contributed by atoms with Crippen LogP contribution >= 0.6 is 0 Å². The fourth-order valence-corrected chi connectivity index (χ4v) is 3.15. The number of rotatable bonds is 6. The monoisotopic (exact) mass is 376 g/mol. The van der Waals surface area contributed by atoms with Crippen molar-refractivity contribution in [3.05, 3.63) is 77.1 Å². The Morgan fingerprint density at radius 3 is 2.32 bits per heavy atom. The Kier molecular flexibility index (Phi) is 5.89. The molecule has 0 spiro atoms. The van der Waals surface area contributed by atoms with E-state index in [0.29, 0.717) is 29.9 Å². The Labute approximate surface area is 164 Å². The van der Waals surface area contributed by atoms with Gasteiger partial charge in [0.25, 0.3) is 5.91 Å². The molecule has 0 saturated carbocycles. The molecule has 1 aromatic heterocycles. The van der Waals surface area contributed by atoms with Gasteiger partial charge in [-0.1, -0.05) is 43.3 Å². The van der Waals surface area contributed by atoms with E-state index in [9.17, 15) is 9.59 Å². The van der Waals surface area contributed by atoms with E-state index < -0.39 is 0 Å². The number of hydrogen-bond acceptors (Lipinski definition) is 3. The number of carbonyl (C=O) groups is 2. The molecule has 3 aromatic rings. The molecule has 0 unspecified atom stereocenters. The Bertz CT molecular complexity index is 993. The standard InChI is InChI=1S/C22H24N4O2/c1-4-21-18(13-23-26(21)14-17-9-6-5-7-10-17)22(28)25-20-12-8-11-19(15(20)2)24-16(3)27/h5-13H,4,14H2,1-3H3,(H,24,27)(H,25,28). The highest BCUT2D eigenvalue weighted by Crippen LogP contribution is 2.24. The summed E-state index contributed by atoms with van der Waals surface area (Å²) in [6.45, 7) is 5.95. The van der Waals surface area contributed by atoms with Crippen molar-refractivity contribution < 1.29 is 9.59 Å². The smallest absolute Gasteiger partial charge is 0.259 e. The second kappa shape index (κ2) is 8.52. The van der Waals surface area contributed by atoms with Crippen LogP contribution in [0.3, 0.4) is 0 Å². The molecule has 0 aliphatic heterocycles. The molecule has 2 N–H and O–H groups in total. The van der Waals surface area contributed by atoms with Gasteiger partial charge in [-0.05, 0) is 36.6 Å². The first-order valence-electron chi connectivity index (χ1n) is 9.26. The van der Waals surface area contributed by atoms with Gasteiger partial charge >= 0.3 is 0 Å². The molecule has 0 aliphatic rings. The molecule has 6 nitrogen and oxygen atoms in total. The third-order valence-corrected chi connectivity index (χ3v) is 4.60. The van der Waals surface area contributed by atoms with Gasteiger partial charge in [-0.25, -0.2) is 0 Å². The van der Waals surface area contributed by atoms with Crippen molar-refractivity contribution in [2.45, 2.75) is 33.7 Å². The van der Waals surface area contributed by atoms with Crippen molar-refractivity contribution in [1.82, 2.24) is 9.78 Å². The van der Waals surface area contributed by atoms with Gasteiger partial charge in [0.1, 0.15) is 0 Å². The van der Waals surface area contributed by atoms with Crippen LogP contribution in [0.4, 0.5) is 11.4 Å². The van der Waals surface area contributed by atoms with Crippen LogP contribution in [0, 0.1) is 6.92 Å². The van der Waals surface area contributed by atoms with E-state index in [1.54, 1.807) is 12.3 Å². The quantitative estimate of drug-likeness (QED) is 0.682. The summed E-state index contributed by atoms with van der Waals surface area (Å²) in [6.07, 6.45) is 2.31. The maximum absolute atomic E-state index is 12.9. The number of hydrogen-bond donors (Lipinski definition) is 2. The summed E-state index contributed by atoms with van der Waals surface area (Å²) < 4.78 is 1.87. The van der Waals surface area contributed by atoms with E-state index >= 15 is 0 Å². The lowest BCUT2D eigenvalue weighted by molar-refractivity contribution is -0.114. The van der Waals surface area contributed by atoms with Crippen molar-refractivity contribution in [3.63, 3.8) is 0 Å². The molecule has 0 aliphatic carbocycles. The van der Waals surface area contributed by atoms with Crippen LogP contribution in [0.2, 0.25) is 0 Å². The van der Waals surface area contributed by atoms with Gasteiger partial charge in [0.05, 0.1) is 24.0 Å². The molecule has 2 aromatic carbocycles. The fourth-order valence-electron chi connectivity index (χ4n) is 3.15. The number of nitrogens with zero attached hydrogens (tertiary/aromatic N) is 2. The summed E-state index contributed by atoms with van der Waals surface area (Å²) in [5, 5.41) is 10.1. The largest absolute Gasteiger partial charge is 0.326 e. The number of aromatic nitrogens is 2. The second-order valence-corrected chi connectivity index (χ2v) is 6.62. The second-order valence-electron chi connectivity index (χ2n) is 6.62. The predicted octanol–water partition coefficient (Wildman–Crippen LogP) is 4.01. The van der Waals surface area contributed by atoms with Crippen LogP contribution in [0.5, 0.6) is 0 Å². The highest BCUT2D eigenvalue weighted by atomic mass is 16.2. The number of anilines is 2. The zero-order valence-corrected chi connectivity index (χ0v) is 16.3. The molecule has 3 rings (SSSR count). The van der Waals surface area contributed by atoms with Crippen LogP contribution in [0.25, 0.3) is 0 Å². The van der Waals surface area contributed by atoms with Crippen molar-refractivity contribution >= 4 is 23.2 Å².